The van der Waals surface area contributed by atoms with Gasteiger partial charge in [-0.2, -0.15) is 0 Å². The fourth-order valence-electron chi connectivity index (χ4n) is 3.50. The van der Waals surface area contributed by atoms with Crippen molar-refractivity contribution in [1.82, 2.24) is 0 Å². The molecule has 0 N–H and O–H groups in total. The minimum atomic E-state index is -2.11. The molecule has 112 valence electrons. The number of rotatable bonds is 9. The summed E-state index contributed by atoms with van der Waals surface area (Å²) in [5.41, 5.74) is 1.68. The Morgan fingerprint density at radius 3 is 1.65 bits per heavy atom. The molecular weight excluding hydrogens is 362 g/mol. The zero-order valence-corrected chi connectivity index (χ0v) is 18.4. The second-order valence-electron chi connectivity index (χ2n) is 7.64. The van der Waals surface area contributed by atoms with Crippen molar-refractivity contribution < 1.29 is 0 Å². The molecule has 0 aliphatic carbocycles. The monoisotopic (exact) mass is 396 g/mol. The van der Waals surface area contributed by atoms with Crippen LogP contribution in [0.3, 0.4) is 0 Å². The number of hydrogen-bond donors (Lipinski definition) is 0. The molecule has 0 spiro atoms. The summed E-state index contributed by atoms with van der Waals surface area (Å²) < 4.78 is 1.90. The molecule has 0 radical (unpaired) electrons. The van der Waals surface area contributed by atoms with Gasteiger partial charge in [-0.05, 0) is 0 Å². The summed E-state index contributed by atoms with van der Waals surface area (Å²) in [7, 11) is -1.29. The third-order valence-electron chi connectivity index (χ3n) is 3.58. The molecule has 0 atom stereocenters. The van der Waals surface area contributed by atoms with Crippen molar-refractivity contribution in [3.63, 3.8) is 0 Å². The SMILES string of the molecule is C=CCB(CC=C)/C(CC=C)=[C](\[Si](C)(C)C)[Sn]([CH3])([CH3])[CH3]. The standard InChI is InChI=1S/C14H24BSi.3CH3.Sn/c1-7-10-14(13-16(4,5)6)15(11-8-2)12-9-3;;;;/h7-9H,1-3,10-12H2,4-6H3;3*1H3;. The molecule has 0 aliphatic rings. The van der Waals surface area contributed by atoms with E-state index in [1.807, 2.05) is 3.21 Å². The van der Waals surface area contributed by atoms with Gasteiger partial charge in [0, 0.05) is 0 Å². The fourth-order valence-corrected chi connectivity index (χ4v) is 29.9. The van der Waals surface area contributed by atoms with E-state index in [0.29, 0.717) is 6.71 Å². The maximum atomic E-state index is 4.00. The molecule has 0 aromatic heterocycles. The fraction of sp³-hybridized carbons (Fsp3) is 0.529. The van der Waals surface area contributed by atoms with Gasteiger partial charge in [0.05, 0.1) is 0 Å². The Kier molecular flexibility index (Phi) is 8.49. The van der Waals surface area contributed by atoms with Crippen LogP contribution in [0.5, 0.6) is 0 Å². The predicted molar refractivity (Wildman–Crippen MR) is 104 cm³/mol. The Hall–Kier alpha value is 0.0405. The van der Waals surface area contributed by atoms with Gasteiger partial charge in [0.2, 0.25) is 0 Å². The van der Waals surface area contributed by atoms with Crippen molar-refractivity contribution in [2.45, 2.75) is 53.5 Å². The molecule has 3 heteroatoms. The van der Waals surface area contributed by atoms with Gasteiger partial charge >= 0.3 is 133 Å². The van der Waals surface area contributed by atoms with Gasteiger partial charge in [0.1, 0.15) is 0 Å². The summed E-state index contributed by atoms with van der Waals surface area (Å²) in [6, 6.07) is 0. The second-order valence-corrected chi connectivity index (χ2v) is 28.3. The molecule has 0 saturated carbocycles. The minimum absolute atomic E-state index is 0.584. The maximum absolute atomic E-state index is 4.00. The van der Waals surface area contributed by atoms with E-state index in [0.717, 1.165) is 19.1 Å². The van der Waals surface area contributed by atoms with Gasteiger partial charge in [-0.25, -0.2) is 0 Å². The molecule has 0 amide bonds. The first-order chi connectivity index (χ1) is 9.09. The normalized spacial score (nSPS) is 13.5. The van der Waals surface area contributed by atoms with Gasteiger partial charge in [-0.1, -0.05) is 0 Å². The van der Waals surface area contributed by atoms with Crippen molar-refractivity contribution >= 4 is 33.2 Å². The van der Waals surface area contributed by atoms with Crippen LogP contribution in [0.15, 0.2) is 46.6 Å². The van der Waals surface area contributed by atoms with Crippen LogP contribution in [-0.2, 0) is 0 Å². The van der Waals surface area contributed by atoms with Crippen LogP contribution in [-0.4, -0.2) is 33.2 Å². The Morgan fingerprint density at radius 2 is 1.40 bits per heavy atom. The molecule has 0 unspecified atom stereocenters. The summed E-state index contributed by atoms with van der Waals surface area (Å²) >= 11 is -2.11. The third kappa shape index (κ3) is 6.21. The van der Waals surface area contributed by atoms with Crippen LogP contribution in [0, 0.1) is 0 Å². The molecule has 0 aromatic carbocycles. The van der Waals surface area contributed by atoms with Crippen LogP contribution in [0.25, 0.3) is 0 Å². The van der Waals surface area contributed by atoms with Crippen LogP contribution in [0.2, 0.25) is 47.1 Å². The quantitative estimate of drug-likeness (QED) is 0.331. The van der Waals surface area contributed by atoms with Gasteiger partial charge in [-0.3, -0.25) is 0 Å². The Balaban J connectivity index is 6.09. The first kappa shape index (κ1) is 20.0. The van der Waals surface area contributed by atoms with E-state index in [1.165, 1.54) is 0 Å². The van der Waals surface area contributed by atoms with E-state index < -0.39 is 26.5 Å². The topological polar surface area (TPSA) is 0 Å². The van der Waals surface area contributed by atoms with Crippen LogP contribution in [0.1, 0.15) is 6.42 Å². The van der Waals surface area contributed by atoms with E-state index >= 15 is 0 Å². The van der Waals surface area contributed by atoms with Gasteiger partial charge in [-0.15, -0.1) is 0 Å². The summed E-state index contributed by atoms with van der Waals surface area (Å²) in [6.07, 6.45) is 9.39. The molecule has 20 heavy (non-hydrogen) atoms. The number of allylic oxidation sites excluding steroid dienone is 4. The van der Waals surface area contributed by atoms with Crippen molar-refractivity contribution in [1.29, 1.82) is 0 Å². The van der Waals surface area contributed by atoms with E-state index in [1.54, 1.807) is 5.47 Å². The predicted octanol–water partition coefficient (Wildman–Crippen LogP) is 6.02. The zero-order chi connectivity index (χ0) is 16.0. The summed E-state index contributed by atoms with van der Waals surface area (Å²) in [6.45, 7) is 20.0. The van der Waals surface area contributed by atoms with E-state index in [2.05, 4.69) is 72.4 Å². The Morgan fingerprint density at radius 1 is 0.950 bits per heavy atom. The van der Waals surface area contributed by atoms with Crippen LogP contribution >= 0.6 is 0 Å². The Bertz CT molecular complexity index is 357. The molecule has 0 bridgehead atoms. The molecule has 0 aliphatic heterocycles. The second kappa shape index (κ2) is 8.48. The van der Waals surface area contributed by atoms with E-state index in [9.17, 15) is 0 Å². The average molecular weight is 395 g/mol. The molecule has 0 aromatic rings. The van der Waals surface area contributed by atoms with Gasteiger partial charge in [0.15, 0.2) is 0 Å². The molecule has 0 rings (SSSR count). The van der Waals surface area contributed by atoms with Gasteiger partial charge < -0.3 is 0 Å². The third-order valence-corrected chi connectivity index (χ3v) is 22.1. The van der Waals surface area contributed by atoms with E-state index in [4.69, 9.17) is 0 Å². The Labute approximate surface area is 133 Å². The van der Waals surface area contributed by atoms with Crippen molar-refractivity contribution in [3.8, 4) is 0 Å². The van der Waals surface area contributed by atoms with Crippen LogP contribution in [0.4, 0.5) is 0 Å². The first-order valence-electron chi connectivity index (χ1n) is 7.66. The van der Waals surface area contributed by atoms with E-state index in [-0.39, 0.29) is 0 Å². The van der Waals surface area contributed by atoms with Crippen LogP contribution < -0.4 is 0 Å². The molecule has 0 nitrogen and oxygen atoms in total. The van der Waals surface area contributed by atoms with Crippen molar-refractivity contribution in [3.05, 3.63) is 46.6 Å². The van der Waals surface area contributed by atoms with Crippen molar-refractivity contribution in [2.75, 3.05) is 0 Å². The number of hydrogen-bond acceptors (Lipinski definition) is 0. The summed E-state index contributed by atoms with van der Waals surface area (Å²) in [5.74, 6) is 0. The molecular formula is C17H33BSiSn. The average Bonchev–Trinajstić information content (AvgIpc) is 2.24. The van der Waals surface area contributed by atoms with Crippen molar-refractivity contribution in [2.24, 2.45) is 0 Å². The molecule has 0 heterocycles. The first-order valence-corrected chi connectivity index (χ1v) is 21.1. The van der Waals surface area contributed by atoms with Gasteiger partial charge in [0.25, 0.3) is 0 Å². The summed E-state index contributed by atoms with van der Waals surface area (Å²) in [4.78, 5) is 7.68. The molecule has 0 fully saturated rings. The summed E-state index contributed by atoms with van der Waals surface area (Å²) in [5, 5.41) is 0. The zero-order valence-electron chi connectivity index (χ0n) is 14.6. The molecule has 0 saturated heterocycles.